The highest BCUT2D eigenvalue weighted by molar-refractivity contribution is 8.00. The van der Waals surface area contributed by atoms with E-state index in [9.17, 15) is 9.90 Å². The van der Waals surface area contributed by atoms with Gasteiger partial charge >= 0.3 is 0 Å². The number of tetrazole rings is 1. The second-order valence-corrected chi connectivity index (χ2v) is 8.83. The molecule has 0 saturated heterocycles. The van der Waals surface area contributed by atoms with Crippen LogP contribution in [-0.4, -0.2) is 48.8 Å². The molecule has 1 N–H and O–H groups in total. The number of amides is 1. The molecule has 7 nitrogen and oxygen atoms in total. The Morgan fingerprint density at radius 1 is 1.25 bits per heavy atom. The minimum Gasteiger partial charge on any atom is -0.508 e. The van der Waals surface area contributed by atoms with Crippen molar-refractivity contribution in [1.82, 2.24) is 20.2 Å². The van der Waals surface area contributed by atoms with Crippen molar-refractivity contribution >= 4 is 35.1 Å². The molecule has 1 atom stereocenters. The van der Waals surface area contributed by atoms with Crippen molar-refractivity contribution in [1.29, 1.82) is 0 Å². The van der Waals surface area contributed by atoms with Crippen LogP contribution in [0.3, 0.4) is 0 Å². The standard InChI is InChI=1S/C19H19N5O2S2/c1-13-10-11-23(16-4-2-3-5-17(16)28-13)18(26)12-27-19-20-21-22-24(19)14-6-8-15(25)9-7-14/h2-9,13,25H,10-12H2,1H3. The molecule has 0 saturated carbocycles. The monoisotopic (exact) mass is 413 g/mol. The maximum atomic E-state index is 13.0. The van der Waals surface area contributed by atoms with E-state index in [0.717, 1.165) is 22.7 Å². The number of hydrogen-bond acceptors (Lipinski definition) is 7. The number of phenols is 1. The van der Waals surface area contributed by atoms with Crippen molar-refractivity contribution in [2.75, 3.05) is 17.2 Å². The summed E-state index contributed by atoms with van der Waals surface area (Å²) in [4.78, 5) is 16.0. The van der Waals surface area contributed by atoms with Gasteiger partial charge in [-0.05, 0) is 53.2 Å². The van der Waals surface area contributed by atoms with Crippen LogP contribution in [0.2, 0.25) is 0 Å². The summed E-state index contributed by atoms with van der Waals surface area (Å²) in [6.07, 6.45) is 0.945. The molecule has 1 aliphatic rings. The number of carbonyl (C=O) groups is 1. The zero-order valence-corrected chi connectivity index (χ0v) is 16.9. The third kappa shape index (κ3) is 4.00. The van der Waals surface area contributed by atoms with Crippen molar-refractivity contribution in [3.05, 3.63) is 48.5 Å². The first-order valence-corrected chi connectivity index (χ1v) is 10.7. The molecule has 1 aliphatic heterocycles. The molecule has 0 aliphatic carbocycles. The van der Waals surface area contributed by atoms with E-state index in [0.29, 0.717) is 17.0 Å². The third-order valence-electron chi connectivity index (χ3n) is 4.40. The Kier molecular flexibility index (Phi) is 5.54. The Hall–Kier alpha value is -2.52. The van der Waals surface area contributed by atoms with Crippen LogP contribution in [0.25, 0.3) is 5.69 Å². The van der Waals surface area contributed by atoms with Gasteiger partial charge in [0.2, 0.25) is 11.1 Å². The number of anilines is 1. The predicted octanol–water partition coefficient (Wildman–Crippen LogP) is 3.38. The van der Waals surface area contributed by atoms with E-state index in [1.165, 1.54) is 11.8 Å². The fourth-order valence-corrected chi connectivity index (χ4v) is 4.85. The number of aromatic nitrogens is 4. The summed E-state index contributed by atoms with van der Waals surface area (Å²) in [5.41, 5.74) is 1.70. The zero-order chi connectivity index (χ0) is 19.5. The SMILES string of the molecule is CC1CCN(C(=O)CSc2nnnn2-c2ccc(O)cc2)c2ccccc2S1. The highest BCUT2D eigenvalue weighted by Gasteiger charge is 2.24. The highest BCUT2D eigenvalue weighted by atomic mass is 32.2. The number of phenolic OH excluding ortho intramolecular Hbond substituents is 1. The molecule has 0 spiro atoms. The fraction of sp³-hybridized carbons (Fsp3) is 0.263. The largest absolute Gasteiger partial charge is 0.508 e. The molecule has 1 unspecified atom stereocenters. The van der Waals surface area contributed by atoms with Crippen molar-refractivity contribution < 1.29 is 9.90 Å². The van der Waals surface area contributed by atoms with Crippen LogP contribution in [0.15, 0.2) is 58.6 Å². The number of fused-ring (bicyclic) bond motifs is 1. The summed E-state index contributed by atoms with van der Waals surface area (Å²) in [7, 11) is 0. The van der Waals surface area contributed by atoms with Gasteiger partial charge in [-0.25, -0.2) is 0 Å². The molecule has 9 heteroatoms. The van der Waals surface area contributed by atoms with E-state index in [2.05, 4.69) is 28.5 Å². The molecule has 144 valence electrons. The van der Waals surface area contributed by atoms with Crippen LogP contribution in [0.4, 0.5) is 5.69 Å². The van der Waals surface area contributed by atoms with Crippen molar-refractivity contribution in [3.8, 4) is 11.4 Å². The number of para-hydroxylation sites is 1. The first-order valence-electron chi connectivity index (χ1n) is 8.88. The highest BCUT2D eigenvalue weighted by Crippen LogP contribution is 2.37. The van der Waals surface area contributed by atoms with Crippen molar-refractivity contribution in [2.45, 2.75) is 28.6 Å². The predicted molar refractivity (Wildman–Crippen MR) is 110 cm³/mol. The molecule has 4 rings (SSSR count). The Morgan fingerprint density at radius 3 is 2.86 bits per heavy atom. The number of aromatic hydroxyl groups is 1. The number of thioether (sulfide) groups is 2. The summed E-state index contributed by atoms with van der Waals surface area (Å²) in [5.74, 6) is 0.451. The van der Waals surface area contributed by atoms with Gasteiger partial charge in [0.1, 0.15) is 5.75 Å². The minimum absolute atomic E-state index is 0.0346. The summed E-state index contributed by atoms with van der Waals surface area (Å²) in [6, 6.07) is 14.6. The summed E-state index contributed by atoms with van der Waals surface area (Å²) >= 11 is 3.12. The fourth-order valence-electron chi connectivity index (χ4n) is 2.97. The number of rotatable bonds is 4. The van der Waals surface area contributed by atoms with Gasteiger partial charge < -0.3 is 10.0 Å². The third-order valence-corrected chi connectivity index (χ3v) is 6.55. The van der Waals surface area contributed by atoms with Crippen LogP contribution >= 0.6 is 23.5 Å². The van der Waals surface area contributed by atoms with Crippen LogP contribution in [0, 0.1) is 0 Å². The lowest BCUT2D eigenvalue weighted by Crippen LogP contribution is -2.33. The Labute approximate surface area is 171 Å². The van der Waals surface area contributed by atoms with E-state index in [4.69, 9.17) is 0 Å². The maximum Gasteiger partial charge on any atom is 0.237 e. The topological polar surface area (TPSA) is 84.1 Å². The van der Waals surface area contributed by atoms with Crippen molar-refractivity contribution in [2.24, 2.45) is 0 Å². The molecule has 2 heterocycles. The average Bonchev–Trinajstić information content (AvgIpc) is 3.09. The molecular weight excluding hydrogens is 394 g/mol. The Morgan fingerprint density at radius 2 is 2.04 bits per heavy atom. The normalized spacial score (nSPS) is 16.5. The van der Waals surface area contributed by atoms with Gasteiger partial charge in [-0.2, -0.15) is 4.68 Å². The van der Waals surface area contributed by atoms with Gasteiger partial charge in [0, 0.05) is 16.7 Å². The van der Waals surface area contributed by atoms with Crippen LogP contribution in [0.1, 0.15) is 13.3 Å². The van der Waals surface area contributed by atoms with Crippen LogP contribution in [0.5, 0.6) is 5.75 Å². The lowest BCUT2D eigenvalue weighted by Gasteiger charge is -2.22. The number of carbonyl (C=O) groups excluding carboxylic acids is 1. The van der Waals surface area contributed by atoms with Gasteiger partial charge in [-0.3, -0.25) is 4.79 Å². The molecule has 0 fully saturated rings. The van der Waals surface area contributed by atoms with E-state index >= 15 is 0 Å². The molecule has 2 aromatic carbocycles. The van der Waals surface area contributed by atoms with Crippen LogP contribution < -0.4 is 4.90 Å². The van der Waals surface area contributed by atoms with Crippen molar-refractivity contribution in [3.63, 3.8) is 0 Å². The first kappa shape index (κ1) is 18.8. The van der Waals surface area contributed by atoms with Gasteiger partial charge in [0.15, 0.2) is 0 Å². The number of hydrogen-bond donors (Lipinski definition) is 1. The van der Waals surface area contributed by atoms with E-state index in [1.54, 1.807) is 28.9 Å². The molecule has 0 radical (unpaired) electrons. The maximum absolute atomic E-state index is 13.0. The molecule has 3 aromatic rings. The lowest BCUT2D eigenvalue weighted by atomic mass is 10.2. The Bertz CT molecular complexity index is 976. The smallest absolute Gasteiger partial charge is 0.237 e. The molecule has 28 heavy (non-hydrogen) atoms. The van der Waals surface area contributed by atoms with Crippen LogP contribution in [-0.2, 0) is 4.79 Å². The van der Waals surface area contributed by atoms with E-state index < -0.39 is 0 Å². The zero-order valence-electron chi connectivity index (χ0n) is 15.2. The van der Waals surface area contributed by atoms with Gasteiger partial charge in [0.25, 0.3) is 0 Å². The quantitative estimate of drug-likeness (QED) is 0.657. The molecule has 1 amide bonds. The number of benzene rings is 2. The minimum atomic E-state index is 0.0346. The second kappa shape index (κ2) is 8.24. The molecule has 0 bridgehead atoms. The second-order valence-electron chi connectivity index (χ2n) is 6.41. The Balaban J connectivity index is 1.50. The van der Waals surface area contributed by atoms with E-state index in [1.807, 2.05) is 34.9 Å². The first-order chi connectivity index (χ1) is 13.6. The van der Waals surface area contributed by atoms with E-state index in [-0.39, 0.29) is 17.4 Å². The van der Waals surface area contributed by atoms with Gasteiger partial charge in [-0.15, -0.1) is 16.9 Å². The molecule has 1 aromatic heterocycles. The average molecular weight is 414 g/mol. The molecular formula is C19H19N5O2S2. The van der Waals surface area contributed by atoms with Gasteiger partial charge in [0.05, 0.1) is 17.1 Å². The summed E-state index contributed by atoms with van der Waals surface area (Å²) in [5, 5.41) is 22.2. The lowest BCUT2D eigenvalue weighted by molar-refractivity contribution is -0.116. The summed E-state index contributed by atoms with van der Waals surface area (Å²) < 4.78 is 1.56. The number of nitrogens with zero attached hydrogens (tertiary/aromatic N) is 5. The van der Waals surface area contributed by atoms with Gasteiger partial charge in [-0.1, -0.05) is 30.8 Å². The summed E-state index contributed by atoms with van der Waals surface area (Å²) in [6.45, 7) is 2.89.